The van der Waals surface area contributed by atoms with Crippen LogP contribution < -0.4 is 5.32 Å². The number of amides is 1. The lowest BCUT2D eigenvalue weighted by Crippen LogP contribution is -2.28. The van der Waals surface area contributed by atoms with Gasteiger partial charge in [-0.25, -0.2) is 4.98 Å². The average molecular weight is 305 g/mol. The van der Waals surface area contributed by atoms with Crippen molar-refractivity contribution in [2.75, 3.05) is 26.4 Å². The van der Waals surface area contributed by atoms with E-state index in [0.717, 1.165) is 0 Å². The van der Waals surface area contributed by atoms with E-state index in [9.17, 15) is 9.90 Å². The van der Waals surface area contributed by atoms with Crippen LogP contribution >= 0.6 is 15.9 Å². The number of aliphatic hydroxyl groups is 1. The highest BCUT2D eigenvalue weighted by Crippen LogP contribution is 2.19. The molecule has 0 fully saturated rings. The molecule has 0 atom stereocenters. The molecule has 0 aliphatic carbocycles. The Labute approximate surface area is 107 Å². The summed E-state index contributed by atoms with van der Waals surface area (Å²) in [6, 6.07) is 1.39. The van der Waals surface area contributed by atoms with Crippen molar-refractivity contribution in [2.24, 2.45) is 0 Å². The van der Waals surface area contributed by atoms with Gasteiger partial charge in [0.05, 0.1) is 19.8 Å². The minimum Gasteiger partial charge on any atom is -0.505 e. The van der Waals surface area contributed by atoms with E-state index in [1.165, 1.54) is 12.3 Å². The van der Waals surface area contributed by atoms with Crippen molar-refractivity contribution in [2.45, 2.75) is 0 Å². The minimum absolute atomic E-state index is 0.0321. The van der Waals surface area contributed by atoms with Crippen LogP contribution in [0.4, 0.5) is 0 Å². The van der Waals surface area contributed by atoms with Crippen molar-refractivity contribution in [1.82, 2.24) is 10.3 Å². The maximum atomic E-state index is 11.6. The van der Waals surface area contributed by atoms with Crippen LogP contribution in [0, 0.1) is 0 Å². The summed E-state index contributed by atoms with van der Waals surface area (Å²) in [5.74, 6) is -0.657. The first-order valence-corrected chi connectivity index (χ1v) is 5.75. The maximum absolute atomic E-state index is 11.6. The van der Waals surface area contributed by atoms with Gasteiger partial charge >= 0.3 is 0 Å². The summed E-state index contributed by atoms with van der Waals surface area (Å²) in [7, 11) is 0. The van der Waals surface area contributed by atoms with Gasteiger partial charge in [0, 0.05) is 17.2 Å². The van der Waals surface area contributed by atoms with Crippen LogP contribution in [-0.4, -0.2) is 47.5 Å². The zero-order valence-electron chi connectivity index (χ0n) is 9.02. The van der Waals surface area contributed by atoms with Gasteiger partial charge < -0.3 is 20.3 Å². The van der Waals surface area contributed by atoms with Crippen LogP contribution in [0.15, 0.2) is 16.7 Å². The Kier molecular flexibility index (Phi) is 5.88. The van der Waals surface area contributed by atoms with Crippen molar-refractivity contribution in [3.63, 3.8) is 0 Å². The second kappa shape index (κ2) is 7.21. The number of hydrogen-bond donors (Lipinski definition) is 3. The molecule has 1 rings (SSSR count). The van der Waals surface area contributed by atoms with Crippen LogP contribution in [0.2, 0.25) is 0 Å². The molecule has 6 nitrogen and oxygen atoms in total. The lowest BCUT2D eigenvalue weighted by atomic mass is 10.3. The van der Waals surface area contributed by atoms with Gasteiger partial charge in [-0.3, -0.25) is 4.79 Å². The van der Waals surface area contributed by atoms with E-state index in [1.54, 1.807) is 0 Å². The van der Waals surface area contributed by atoms with Gasteiger partial charge in [-0.15, -0.1) is 0 Å². The molecule has 1 heterocycles. The van der Waals surface area contributed by atoms with Crippen molar-refractivity contribution in [3.8, 4) is 5.75 Å². The van der Waals surface area contributed by atoms with Gasteiger partial charge in [0.25, 0.3) is 5.91 Å². The topological polar surface area (TPSA) is 91.7 Å². The Morgan fingerprint density at radius 2 is 2.29 bits per heavy atom. The quantitative estimate of drug-likeness (QED) is 0.657. The summed E-state index contributed by atoms with van der Waals surface area (Å²) in [6.45, 7) is 0.764. The molecule has 7 heteroatoms. The number of aromatic hydroxyl groups is 1. The molecule has 0 aromatic carbocycles. The molecule has 0 aliphatic rings. The number of pyridine rings is 1. The molecule has 1 aromatic rings. The Hall–Kier alpha value is -1.18. The number of halogens is 1. The predicted molar refractivity (Wildman–Crippen MR) is 63.8 cm³/mol. The van der Waals surface area contributed by atoms with Crippen molar-refractivity contribution in [1.29, 1.82) is 0 Å². The first-order valence-electron chi connectivity index (χ1n) is 4.96. The molecule has 0 saturated carbocycles. The Balaban J connectivity index is 2.42. The van der Waals surface area contributed by atoms with Gasteiger partial charge in [0.1, 0.15) is 5.75 Å². The predicted octanol–water partition coefficient (Wildman–Crippen LogP) is 0.288. The van der Waals surface area contributed by atoms with E-state index in [1.807, 2.05) is 0 Å². The molecule has 1 amide bonds. The molecule has 0 unspecified atom stereocenters. The number of carbonyl (C=O) groups excluding carboxylic acids is 1. The summed E-state index contributed by atoms with van der Waals surface area (Å²) < 4.78 is 5.56. The fraction of sp³-hybridized carbons (Fsp3) is 0.400. The molecule has 1 aromatic heterocycles. The molecule has 0 aliphatic heterocycles. The molecule has 94 valence electrons. The highest BCUT2D eigenvalue weighted by molar-refractivity contribution is 9.10. The molecular weight excluding hydrogens is 292 g/mol. The summed E-state index contributed by atoms with van der Waals surface area (Å²) >= 11 is 3.13. The van der Waals surface area contributed by atoms with E-state index >= 15 is 0 Å². The van der Waals surface area contributed by atoms with Crippen molar-refractivity contribution < 1.29 is 19.7 Å². The van der Waals surface area contributed by atoms with Gasteiger partial charge in [-0.1, -0.05) is 0 Å². The van der Waals surface area contributed by atoms with Crippen LogP contribution in [0.1, 0.15) is 10.5 Å². The number of ether oxygens (including phenoxy) is 1. The fourth-order valence-electron chi connectivity index (χ4n) is 1.09. The number of hydrogen-bond acceptors (Lipinski definition) is 5. The van der Waals surface area contributed by atoms with Gasteiger partial charge in [0.2, 0.25) is 0 Å². The molecule has 0 saturated heterocycles. The SMILES string of the molecule is O=C(NCCOCCO)c1ncc(Br)cc1O. The van der Waals surface area contributed by atoms with E-state index < -0.39 is 5.91 Å². The maximum Gasteiger partial charge on any atom is 0.273 e. The second-order valence-electron chi connectivity index (χ2n) is 3.11. The fourth-order valence-corrected chi connectivity index (χ4v) is 1.41. The highest BCUT2D eigenvalue weighted by atomic mass is 79.9. The third-order valence-electron chi connectivity index (χ3n) is 1.82. The van der Waals surface area contributed by atoms with E-state index in [0.29, 0.717) is 11.1 Å². The molecule has 17 heavy (non-hydrogen) atoms. The van der Waals surface area contributed by atoms with E-state index in [2.05, 4.69) is 26.2 Å². The van der Waals surface area contributed by atoms with Crippen LogP contribution in [0.3, 0.4) is 0 Å². The first-order chi connectivity index (χ1) is 8.15. The van der Waals surface area contributed by atoms with Crippen molar-refractivity contribution >= 4 is 21.8 Å². The van der Waals surface area contributed by atoms with Gasteiger partial charge in [0.15, 0.2) is 5.69 Å². The Morgan fingerprint density at radius 1 is 1.53 bits per heavy atom. The Bertz CT molecular complexity index is 387. The average Bonchev–Trinajstić information content (AvgIpc) is 2.28. The summed E-state index contributed by atoms with van der Waals surface area (Å²) in [5.41, 5.74) is -0.0321. The number of carbonyl (C=O) groups is 1. The number of aliphatic hydroxyl groups excluding tert-OH is 1. The monoisotopic (exact) mass is 304 g/mol. The number of nitrogens with one attached hydrogen (secondary N) is 1. The normalized spacial score (nSPS) is 10.2. The third kappa shape index (κ3) is 4.68. The minimum atomic E-state index is -0.470. The molecule has 0 spiro atoms. The lowest BCUT2D eigenvalue weighted by molar-refractivity contribution is 0.0833. The number of aromatic nitrogens is 1. The number of rotatable bonds is 6. The van der Waals surface area contributed by atoms with Gasteiger partial charge in [-0.2, -0.15) is 0 Å². The number of nitrogens with zero attached hydrogens (tertiary/aromatic N) is 1. The standard InChI is InChI=1S/C10H13BrN2O4/c11-7-5-8(15)9(13-6-7)10(16)12-1-3-17-4-2-14/h5-6,14-15H,1-4H2,(H,12,16). The second-order valence-corrected chi connectivity index (χ2v) is 4.03. The van der Waals surface area contributed by atoms with Gasteiger partial charge in [-0.05, 0) is 22.0 Å². The Morgan fingerprint density at radius 3 is 2.94 bits per heavy atom. The van der Waals surface area contributed by atoms with E-state index in [4.69, 9.17) is 9.84 Å². The molecule has 3 N–H and O–H groups in total. The van der Waals surface area contributed by atoms with Crippen LogP contribution in [0.25, 0.3) is 0 Å². The zero-order valence-corrected chi connectivity index (χ0v) is 10.6. The summed E-state index contributed by atoms with van der Waals surface area (Å²) in [5, 5.41) is 20.5. The van der Waals surface area contributed by atoms with Crippen LogP contribution in [0.5, 0.6) is 5.75 Å². The van der Waals surface area contributed by atoms with Crippen LogP contribution in [-0.2, 0) is 4.74 Å². The summed E-state index contributed by atoms with van der Waals surface area (Å²) in [6.07, 6.45) is 1.43. The largest absolute Gasteiger partial charge is 0.505 e. The summed E-state index contributed by atoms with van der Waals surface area (Å²) in [4.78, 5) is 15.4. The highest BCUT2D eigenvalue weighted by Gasteiger charge is 2.12. The lowest BCUT2D eigenvalue weighted by Gasteiger charge is -2.06. The molecular formula is C10H13BrN2O4. The van der Waals surface area contributed by atoms with E-state index in [-0.39, 0.29) is 31.2 Å². The smallest absolute Gasteiger partial charge is 0.273 e. The molecule has 0 bridgehead atoms. The zero-order chi connectivity index (χ0) is 12.7. The van der Waals surface area contributed by atoms with Crippen molar-refractivity contribution in [3.05, 3.63) is 22.4 Å². The third-order valence-corrected chi connectivity index (χ3v) is 2.25. The first kappa shape index (κ1) is 13.9. The molecule has 0 radical (unpaired) electrons.